The van der Waals surface area contributed by atoms with E-state index in [0.717, 1.165) is 53.2 Å². The van der Waals surface area contributed by atoms with Gasteiger partial charge in [0.15, 0.2) is 0 Å². The summed E-state index contributed by atoms with van der Waals surface area (Å²) < 4.78 is 2.13. The number of β-amino-alcohol motifs (C(OH)–C–C–N with tert-alkyl or cyclic N) is 1. The van der Waals surface area contributed by atoms with Gasteiger partial charge in [0.05, 0.1) is 18.0 Å². The number of aliphatic carboxylic acids is 1. The highest BCUT2D eigenvalue weighted by Crippen LogP contribution is 2.31. The Morgan fingerprint density at radius 1 is 1.23 bits per heavy atom. The second kappa shape index (κ2) is 9.24. The monoisotopic (exact) mass is 444 g/mol. The van der Waals surface area contributed by atoms with Crippen LogP contribution in [-0.2, 0) is 16.8 Å². The van der Waals surface area contributed by atoms with Crippen LogP contribution in [0.15, 0.2) is 36.5 Å². The molecular weight excluding hydrogens is 416 g/mol. The highest BCUT2D eigenvalue weighted by atomic mass is 35.5. The van der Waals surface area contributed by atoms with Crippen LogP contribution in [0.1, 0.15) is 45.5 Å². The summed E-state index contributed by atoms with van der Waals surface area (Å²) in [6.07, 6.45) is 2.53. The van der Waals surface area contributed by atoms with E-state index in [2.05, 4.69) is 36.3 Å². The summed E-state index contributed by atoms with van der Waals surface area (Å²) in [5.74, 6) is 0.893. The number of carboxylic acid groups (broad SMARTS) is 1. The maximum atomic E-state index is 9.99. The fourth-order valence-electron chi connectivity index (χ4n) is 3.50. The summed E-state index contributed by atoms with van der Waals surface area (Å²) in [6.45, 7) is 9.54. The second-order valence-electron chi connectivity index (χ2n) is 8.80. The Kier molecular flexibility index (Phi) is 6.86. The number of nitrogens with zero attached hydrogens (tertiary/aromatic N) is 4. The van der Waals surface area contributed by atoms with Crippen LogP contribution < -0.4 is 4.90 Å². The molecule has 0 bridgehead atoms. The molecule has 0 amide bonds. The van der Waals surface area contributed by atoms with Gasteiger partial charge in [0, 0.05) is 36.6 Å². The van der Waals surface area contributed by atoms with E-state index in [1.165, 1.54) is 0 Å². The van der Waals surface area contributed by atoms with Gasteiger partial charge in [-0.2, -0.15) is 0 Å². The molecule has 1 atom stereocenters. The zero-order valence-corrected chi connectivity index (χ0v) is 19.1. The molecule has 0 aliphatic carbocycles. The number of hydrogen-bond donors (Lipinski definition) is 2. The van der Waals surface area contributed by atoms with Gasteiger partial charge in [-0.3, -0.25) is 4.79 Å². The Morgan fingerprint density at radius 2 is 1.90 bits per heavy atom. The number of aliphatic hydroxyl groups is 1. The van der Waals surface area contributed by atoms with Gasteiger partial charge in [-0.15, -0.1) is 0 Å². The van der Waals surface area contributed by atoms with Gasteiger partial charge in [0.25, 0.3) is 5.97 Å². The first kappa shape index (κ1) is 23.0. The molecular formula is C23H29ClN4O3. The second-order valence-corrected chi connectivity index (χ2v) is 9.21. The number of halogens is 1. The van der Waals surface area contributed by atoms with Crippen LogP contribution in [0.4, 0.5) is 5.82 Å². The van der Waals surface area contributed by atoms with E-state index in [1.807, 2.05) is 30.5 Å². The maximum absolute atomic E-state index is 9.99. The Hall–Kier alpha value is -2.64. The lowest BCUT2D eigenvalue weighted by Crippen LogP contribution is -2.25. The van der Waals surface area contributed by atoms with E-state index >= 15 is 0 Å². The molecule has 2 aromatic heterocycles. The first-order valence-corrected chi connectivity index (χ1v) is 10.7. The number of aromatic nitrogens is 3. The molecule has 0 spiro atoms. The Balaban J connectivity index is 0.000000628. The average molecular weight is 445 g/mol. The van der Waals surface area contributed by atoms with Crippen molar-refractivity contribution in [3.05, 3.63) is 52.9 Å². The molecule has 2 N–H and O–H groups in total. The predicted molar refractivity (Wildman–Crippen MR) is 123 cm³/mol. The van der Waals surface area contributed by atoms with Crippen LogP contribution in [-0.4, -0.2) is 49.9 Å². The maximum Gasteiger partial charge on any atom is 0.300 e. The largest absolute Gasteiger partial charge is 0.481 e. The zero-order chi connectivity index (χ0) is 22.8. The summed E-state index contributed by atoms with van der Waals surface area (Å²) in [7, 11) is 0. The topological polar surface area (TPSA) is 91.5 Å². The molecule has 1 aliphatic heterocycles. The van der Waals surface area contributed by atoms with Gasteiger partial charge in [0.2, 0.25) is 0 Å². The molecule has 1 aliphatic rings. The van der Waals surface area contributed by atoms with E-state index < -0.39 is 5.97 Å². The molecule has 1 fully saturated rings. The van der Waals surface area contributed by atoms with Gasteiger partial charge < -0.3 is 19.7 Å². The summed E-state index contributed by atoms with van der Waals surface area (Å²) in [6, 6.07) is 9.96. The smallest absolute Gasteiger partial charge is 0.300 e. The van der Waals surface area contributed by atoms with Crippen molar-refractivity contribution in [2.75, 3.05) is 18.0 Å². The van der Waals surface area contributed by atoms with Crippen LogP contribution in [0.3, 0.4) is 0 Å². The standard InChI is InChI=1S/C21H25ClN4O.C2H4O2/c1-21(2,3)20-23-18-16(19(24-20)26-10-8-15(27)13-26)9-11-25(18)12-14-6-4-5-7-17(14)22;1-2(3)4/h4-7,9,11,15,27H,8,10,12-13H2,1-3H3;1H3,(H,3,4). The molecule has 166 valence electrons. The summed E-state index contributed by atoms with van der Waals surface area (Å²) >= 11 is 6.37. The normalized spacial score (nSPS) is 16.3. The lowest BCUT2D eigenvalue weighted by molar-refractivity contribution is -0.134. The molecule has 7 nitrogen and oxygen atoms in total. The van der Waals surface area contributed by atoms with Crippen molar-refractivity contribution < 1.29 is 15.0 Å². The van der Waals surface area contributed by atoms with Crippen LogP contribution in [0, 0.1) is 0 Å². The highest BCUT2D eigenvalue weighted by molar-refractivity contribution is 6.31. The van der Waals surface area contributed by atoms with Crippen LogP contribution in [0.2, 0.25) is 5.02 Å². The van der Waals surface area contributed by atoms with E-state index in [0.29, 0.717) is 13.1 Å². The Bertz CT molecular complexity index is 1070. The van der Waals surface area contributed by atoms with Gasteiger partial charge in [-0.05, 0) is 24.1 Å². The lowest BCUT2D eigenvalue weighted by atomic mass is 9.95. The molecule has 0 saturated carbocycles. The molecule has 3 aromatic rings. The first-order chi connectivity index (χ1) is 14.6. The molecule has 8 heteroatoms. The van der Waals surface area contributed by atoms with Gasteiger partial charge >= 0.3 is 0 Å². The van der Waals surface area contributed by atoms with Gasteiger partial charge in [-0.25, -0.2) is 9.97 Å². The van der Waals surface area contributed by atoms with E-state index in [-0.39, 0.29) is 11.5 Å². The summed E-state index contributed by atoms with van der Waals surface area (Å²) in [5.41, 5.74) is 1.80. The third-order valence-corrected chi connectivity index (χ3v) is 5.40. The fourth-order valence-corrected chi connectivity index (χ4v) is 3.69. The van der Waals surface area contributed by atoms with Crippen molar-refractivity contribution in [3.8, 4) is 0 Å². The summed E-state index contributed by atoms with van der Waals surface area (Å²) in [5, 5.41) is 19.2. The molecule has 3 heterocycles. The predicted octanol–water partition coefficient (Wildman–Crippen LogP) is 4.09. The minimum atomic E-state index is -0.833. The molecule has 4 rings (SSSR count). The van der Waals surface area contributed by atoms with E-state index in [1.54, 1.807) is 0 Å². The highest BCUT2D eigenvalue weighted by Gasteiger charge is 2.27. The summed E-state index contributed by atoms with van der Waals surface area (Å²) in [4.78, 5) is 21.0. The SMILES string of the molecule is CC(=O)O.CC(C)(C)c1nc(N2CCC(O)C2)c2ccn(Cc3ccccc3Cl)c2n1. The van der Waals surface area contributed by atoms with Crippen molar-refractivity contribution in [2.45, 2.75) is 52.2 Å². The molecule has 31 heavy (non-hydrogen) atoms. The molecule has 1 aromatic carbocycles. The van der Waals surface area contributed by atoms with Crippen LogP contribution >= 0.6 is 11.6 Å². The minimum absolute atomic E-state index is 0.166. The number of rotatable bonds is 3. The Morgan fingerprint density at radius 3 is 2.48 bits per heavy atom. The number of hydrogen-bond acceptors (Lipinski definition) is 5. The van der Waals surface area contributed by atoms with Crippen molar-refractivity contribution in [2.24, 2.45) is 0 Å². The van der Waals surface area contributed by atoms with Gasteiger partial charge in [-0.1, -0.05) is 50.6 Å². The number of carboxylic acids is 1. The number of benzene rings is 1. The zero-order valence-electron chi connectivity index (χ0n) is 18.3. The van der Waals surface area contributed by atoms with Crippen molar-refractivity contribution in [3.63, 3.8) is 0 Å². The van der Waals surface area contributed by atoms with Crippen LogP contribution in [0.5, 0.6) is 0 Å². The first-order valence-electron chi connectivity index (χ1n) is 10.3. The molecule has 1 saturated heterocycles. The Labute approximate surface area is 187 Å². The van der Waals surface area contributed by atoms with Crippen molar-refractivity contribution >= 4 is 34.4 Å². The van der Waals surface area contributed by atoms with Crippen molar-refractivity contribution in [1.82, 2.24) is 14.5 Å². The number of fused-ring (bicyclic) bond motifs is 1. The number of carbonyl (C=O) groups is 1. The third-order valence-electron chi connectivity index (χ3n) is 5.03. The minimum Gasteiger partial charge on any atom is -0.481 e. The number of anilines is 1. The van der Waals surface area contributed by atoms with Gasteiger partial charge in [0.1, 0.15) is 17.3 Å². The number of aliphatic hydroxyl groups excluding tert-OH is 1. The lowest BCUT2D eigenvalue weighted by Gasteiger charge is -2.23. The fraction of sp³-hybridized carbons (Fsp3) is 0.435. The van der Waals surface area contributed by atoms with Crippen molar-refractivity contribution in [1.29, 1.82) is 0 Å². The molecule has 0 radical (unpaired) electrons. The van der Waals surface area contributed by atoms with Crippen LogP contribution in [0.25, 0.3) is 11.0 Å². The van der Waals surface area contributed by atoms with E-state index in [4.69, 9.17) is 31.5 Å². The third kappa shape index (κ3) is 5.54. The van der Waals surface area contributed by atoms with E-state index in [9.17, 15) is 5.11 Å². The molecule has 1 unspecified atom stereocenters. The quantitative estimate of drug-likeness (QED) is 0.632. The average Bonchev–Trinajstić information content (AvgIpc) is 3.28.